The zero-order valence-corrected chi connectivity index (χ0v) is 13.5. The molecule has 2 heteroatoms. The number of piperidine rings is 1. The third kappa shape index (κ3) is 4.19. The minimum atomic E-state index is 0.708. The first-order chi connectivity index (χ1) is 9.10. The van der Waals surface area contributed by atoms with Crippen LogP contribution in [0.1, 0.15) is 59.8 Å². The van der Waals surface area contributed by atoms with E-state index in [1.807, 2.05) is 0 Å². The number of nitrogens with one attached hydrogen (secondary N) is 1. The molecule has 1 saturated carbocycles. The molecule has 19 heavy (non-hydrogen) atoms. The fraction of sp³-hybridized carbons (Fsp3) is 1.00. The van der Waals surface area contributed by atoms with Crippen LogP contribution in [0.15, 0.2) is 0 Å². The summed E-state index contributed by atoms with van der Waals surface area (Å²) in [6.07, 6.45) is 7.00. The van der Waals surface area contributed by atoms with Crippen molar-refractivity contribution in [1.82, 2.24) is 10.2 Å². The van der Waals surface area contributed by atoms with Crippen LogP contribution < -0.4 is 5.32 Å². The van der Waals surface area contributed by atoms with Crippen molar-refractivity contribution in [2.24, 2.45) is 17.8 Å². The summed E-state index contributed by atoms with van der Waals surface area (Å²) in [4.78, 5) is 2.59. The Morgan fingerprint density at radius 2 is 1.79 bits per heavy atom. The zero-order chi connectivity index (χ0) is 13.8. The van der Waals surface area contributed by atoms with Crippen LogP contribution >= 0.6 is 0 Å². The van der Waals surface area contributed by atoms with Gasteiger partial charge in [-0.15, -0.1) is 0 Å². The molecule has 0 aromatic heterocycles. The Hall–Kier alpha value is -0.0800. The van der Waals surface area contributed by atoms with E-state index in [9.17, 15) is 0 Å². The molecule has 1 N–H and O–H groups in total. The lowest BCUT2D eigenvalue weighted by Gasteiger charge is -2.39. The van der Waals surface area contributed by atoms with Crippen molar-refractivity contribution in [3.63, 3.8) is 0 Å². The van der Waals surface area contributed by atoms with Crippen molar-refractivity contribution in [2.75, 3.05) is 19.6 Å². The van der Waals surface area contributed by atoms with E-state index in [0.717, 1.165) is 23.8 Å². The predicted octanol–water partition coefficient (Wildman–Crippen LogP) is 3.52. The van der Waals surface area contributed by atoms with E-state index >= 15 is 0 Å². The molecule has 1 heterocycles. The van der Waals surface area contributed by atoms with Crippen molar-refractivity contribution in [2.45, 2.75) is 71.9 Å². The van der Waals surface area contributed by atoms with Crippen LogP contribution in [0.4, 0.5) is 0 Å². The number of nitrogens with zero attached hydrogens (tertiary/aromatic N) is 1. The van der Waals surface area contributed by atoms with Gasteiger partial charge < -0.3 is 10.2 Å². The molecule has 2 nitrogen and oxygen atoms in total. The number of hydrogen-bond donors (Lipinski definition) is 1. The van der Waals surface area contributed by atoms with Crippen LogP contribution in [0.2, 0.25) is 0 Å². The Balaban J connectivity index is 1.76. The average Bonchev–Trinajstić information content (AvgIpc) is 2.42. The van der Waals surface area contributed by atoms with Crippen molar-refractivity contribution in [1.29, 1.82) is 0 Å². The summed E-state index contributed by atoms with van der Waals surface area (Å²) >= 11 is 0. The first-order valence-corrected chi connectivity index (χ1v) is 8.58. The summed E-state index contributed by atoms with van der Waals surface area (Å²) in [5.41, 5.74) is 0. The number of likely N-dealkylation sites (tertiary alicyclic amines) is 1. The molecule has 1 aliphatic carbocycles. The molecule has 1 aliphatic heterocycles. The van der Waals surface area contributed by atoms with Crippen LogP contribution in [0.3, 0.4) is 0 Å². The van der Waals surface area contributed by atoms with Gasteiger partial charge in [0.05, 0.1) is 0 Å². The molecule has 2 aliphatic rings. The maximum atomic E-state index is 3.97. The van der Waals surface area contributed by atoms with Crippen LogP contribution in [-0.4, -0.2) is 36.6 Å². The summed E-state index contributed by atoms with van der Waals surface area (Å²) in [5, 5.41) is 3.97. The SMILES string of the molecule is CCN1CCC(C(C)NC2CCC(C)CC2C)CC1. The second kappa shape index (κ2) is 7.08. The first kappa shape index (κ1) is 15.3. The highest BCUT2D eigenvalue weighted by Crippen LogP contribution is 2.30. The average molecular weight is 266 g/mol. The third-order valence-electron chi connectivity index (χ3n) is 5.70. The van der Waals surface area contributed by atoms with Gasteiger partial charge in [-0.1, -0.05) is 20.8 Å². The van der Waals surface area contributed by atoms with Gasteiger partial charge in [0.15, 0.2) is 0 Å². The molecule has 0 spiro atoms. The lowest BCUT2D eigenvalue weighted by Crippen LogP contribution is -2.48. The van der Waals surface area contributed by atoms with E-state index in [4.69, 9.17) is 0 Å². The van der Waals surface area contributed by atoms with Crippen molar-refractivity contribution < 1.29 is 0 Å². The number of rotatable bonds is 4. The standard InChI is InChI=1S/C17H34N2/c1-5-19-10-8-16(9-11-19)15(4)18-17-7-6-13(2)12-14(17)3/h13-18H,5-12H2,1-4H3. The second-order valence-corrected chi connectivity index (χ2v) is 7.23. The largest absolute Gasteiger partial charge is 0.311 e. The van der Waals surface area contributed by atoms with Crippen LogP contribution in [0.5, 0.6) is 0 Å². The Bertz CT molecular complexity index is 258. The Labute approximate surface area is 120 Å². The molecule has 4 atom stereocenters. The van der Waals surface area contributed by atoms with Gasteiger partial charge in [0.25, 0.3) is 0 Å². The topological polar surface area (TPSA) is 15.3 Å². The molecule has 1 saturated heterocycles. The first-order valence-electron chi connectivity index (χ1n) is 8.58. The van der Waals surface area contributed by atoms with E-state index < -0.39 is 0 Å². The van der Waals surface area contributed by atoms with Crippen molar-refractivity contribution in [3.8, 4) is 0 Å². The van der Waals surface area contributed by atoms with Crippen LogP contribution in [0.25, 0.3) is 0 Å². The smallest absolute Gasteiger partial charge is 0.00954 e. The van der Waals surface area contributed by atoms with Gasteiger partial charge >= 0.3 is 0 Å². The van der Waals surface area contributed by atoms with E-state index in [-0.39, 0.29) is 0 Å². The second-order valence-electron chi connectivity index (χ2n) is 7.23. The summed E-state index contributed by atoms with van der Waals surface area (Å²) < 4.78 is 0. The highest BCUT2D eigenvalue weighted by Gasteiger charge is 2.29. The van der Waals surface area contributed by atoms with Crippen LogP contribution in [0, 0.1) is 17.8 Å². The lowest BCUT2D eigenvalue weighted by molar-refractivity contribution is 0.145. The summed E-state index contributed by atoms with van der Waals surface area (Å²) in [6.45, 7) is 13.4. The molecule has 0 radical (unpaired) electrons. The summed E-state index contributed by atoms with van der Waals surface area (Å²) in [6, 6.07) is 1.48. The Morgan fingerprint density at radius 3 is 2.37 bits per heavy atom. The minimum Gasteiger partial charge on any atom is -0.311 e. The highest BCUT2D eigenvalue weighted by atomic mass is 15.1. The maximum absolute atomic E-state index is 3.97. The summed E-state index contributed by atoms with van der Waals surface area (Å²) in [7, 11) is 0. The Morgan fingerprint density at radius 1 is 1.11 bits per heavy atom. The van der Waals surface area contributed by atoms with Crippen LogP contribution in [-0.2, 0) is 0 Å². The zero-order valence-electron chi connectivity index (χ0n) is 13.5. The fourth-order valence-electron chi connectivity index (χ4n) is 4.16. The summed E-state index contributed by atoms with van der Waals surface area (Å²) in [5.74, 6) is 2.70. The van der Waals surface area contributed by atoms with E-state index in [1.54, 1.807) is 0 Å². The van der Waals surface area contributed by atoms with E-state index in [1.165, 1.54) is 51.7 Å². The van der Waals surface area contributed by atoms with E-state index in [0.29, 0.717) is 6.04 Å². The molecular formula is C17H34N2. The van der Waals surface area contributed by atoms with E-state index in [2.05, 4.69) is 37.9 Å². The van der Waals surface area contributed by atoms with Crippen molar-refractivity contribution >= 4 is 0 Å². The van der Waals surface area contributed by atoms with Gasteiger partial charge in [-0.2, -0.15) is 0 Å². The molecule has 0 aromatic carbocycles. The van der Waals surface area contributed by atoms with Gasteiger partial charge in [0, 0.05) is 12.1 Å². The highest BCUT2D eigenvalue weighted by molar-refractivity contribution is 4.86. The van der Waals surface area contributed by atoms with Crippen molar-refractivity contribution in [3.05, 3.63) is 0 Å². The number of hydrogen-bond acceptors (Lipinski definition) is 2. The molecule has 2 fully saturated rings. The van der Waals surface area contributed by atoms with Gasteiger partial charge in [-0.05, 0) is 76.4 Å². The maximum Gasteiger partial charge on any atom is 0.00954 e. The molecule has 4 unspecified atom stereocenters. The normalized spacial score (nSPS) is 36.3. The van der Waals surface area contributed by atoms with Gasteiger partial charge in [0.1, 0.15) is 0 Å². The molecular weight excluding hydrogens is 232 g/mol. The van der Waals surface area contributed by atoms with Gasteiger partial charge in [-0.25, -0.2) is 0 Å². The minimum absolute atomic E-state index is 0.708. The molecule has 0 bridgehead atoms. The van der Waals surface area contributed by atoms with Gasteiger partial charge in [0.2, 0.25) is 0 Å². The molecule has 0 amide bonds. The predicted molar refractivity (Wildman–Crippen MR) is 83.4 cm³/mol. The van der Waals surface area contributed by atoms with Gasteiger partial charge in [-0.3, -0.25) is 0 Å². The molecule has 0 aromatic rings. The molecule has 112 valence electrons. The lowest BCUT2D eigenvalue weighted by atomic mass is 9.79. The quantitative estimate of drug-likeness (QED) is 0.837. The Kier molecular flexibility index (Phi) is 5.70. The monoisotopic (exact) mass is 266 g/mol. The molecule has 2 rings (SSSR count). The third-order valence-corrected chi connectivity index (χ3v) is 5.70. The fourth-order valence-corrected chi connectivity index (χ4v) is 4.16.